The number of halogens is 1. The second-order valence-electron chi connectivity index (χ2n) is 4.72. The second kappa shape index (κ2) is 7.48. The van der Waals surface area contributed by atoms with Crippen LogP contribution >= 0.6 is 12.4 Å². The third kappa shape index (κ3) is 4.20. The van der Waals surface area contributed by atoms with E-state index in [1.807, 2.05) is 31.3 Å². The fraction of sp³-hybridized carbons (Fsp3) is 0.500. The molecule has 5 heteroatoms. The Bertz CT molecular complexity index is 402. The van der Waals surface area contributed by atoms with Crippen LogP contribution in [0, 0.1) is 0 Å². The number of hydrogen-bond donors (Lipinski definition) is 1. The summed E-state index contributed by atoms with van der Waals surface area (Å²) >= 11 is 0. The molecule has 0 bridgehead atoms. The van der Waals surface area contributed by atoms with Crippen LogP contribution in [0.15, 0.2) is 24.3 Å². The van der Waals surface area contributed by atoms with E-state index in [9.17, 15) is 4.79 Å². The highest BCUT2D eigenvalue weighted by molar-refractivity contribution is 5.94. The van der Waals surface area contributed by atoms with Gasteiger partial charge in [0.25, 0.3) is 5.91 Å². The standard InChI is InChI=1S/C14H20N2O2.ClH/c1-16(10-13-3-2-8-18-13)14(17)12-6-4-11(9-15)5-7-12;/h4-7,13H,2-3,8-10,15H2,1H3;1H. The molecule has 19 heavy (non-hydrogen) atoms. The van der Waals surface area contributed by atoms with E-state index < -0.39 is 0 Å². The van der Waals surface area contributed by atoms with Crippen molar-refractivity contribution < 1.29 is 9.53 Å². The number of ether oxygens (including phenoxy) is 1. The average Bonchev–Trinajstić information content (AvgIpc) is 2.91. The first-order valence-corrected chi connectivity index (χ1v) is 6.37. The van der Waals surface area contributed by atoms with Gasteiger partial charge in [-0.1, -0.05) is 12.1 Å². The van der Waals surface area contributed by atoms with E-state index in [4.69, 9.17) is 10.5 Å². The van der Waals surface area contributed by atoms with Gasteiger partial charge in [0, 0.05) is 32.3 Å². The number of benzene rings is 1. The average molecular weight is 285 g/mol. The summed E-state index contributed by atoms with van der Waals surface area (Å²) in [4.78, 5) is 13.9. The molecule has 2 rings (SSSR count). The van der Waals surface area contributed by atoms with Crippen molar-refractivity contribution in [1.29, 1.82) is 0 Å². The van der Waals surface area contributed by atoms with Gasteiger partial charge in [-0.15, -0.1) is 12.4 Å². The number of nitrogens with zero attached hydrogens (tertiary/aromatic N) is 1. The maximum Gasteiger partial charge on any atom is 0.253 e. The van der Waals surface area contributed by atoms with Crippen molar-refractivity contribution in [2.24, 2.45) is 5.73 Å². The normalized spacial score (nSPS) is 17.9. The first-order valence-electron chi connectivity index (χ1n) is 6.37. The van der Waals surface area contributed by atoms with Crippen LogP contribution in [0.1, 0.15) is 28.8 Å². The van der Waals surface area contributed by atoms with Gasteiger partial charge in [0.1, 0.15) is 0 Å². The van der Waals surface area contributed by atoms with Gasteiger partial charge in [-0.2, -0.15) is 0 Å². The highest BCUT2D eigenvalue weighted by Gasteiger charge is 2.20. The lowest BCUT2D eigenvalue weighted by Gasteiger charge is -2.20. The Kier molecular flexibility index (Phi) is 6.28. The van der Waals surface area contributed by atoms with Crippen molar-refractivity contribution in [3.8, 4) is 0 Å². The van der Waals surface area contributed by atoms with Crippen molar-refractivity contribution in [2.45, 2.75) is 25.5 Å². The van der Waals surface area contributed by atoms with E-state index >= 15 is 0 Å². The predicted octanol–water partition coefficient (Wildman–Crippen LogP) is 1.82. The summed E-state index contributed by atoms with van der Waals surface area (Å²) in [5, 5.41) is 0. The van der Waals surface area contributed by atoms with Crippen LogP contribution in [0.4, 0.5) is 0 Å². The number of hydrogen-bond acceptors (Lipinski definition) is 3. The predicted molar refractivity (Wildman–Crippen MR) is 77.5 cm³/mol. The molecule has 1 unspecified atom stereocenters. The molecule has 1 atom stereocenters. The van der Waals surface area contributed by atoms with Crippen LogP contribution in [0.25, 0.3) is 0 Å². The van der Waals surface area contributed by atoms with Crippen LogP contribution in [0.2, 0.25) is 0 Å². The van der Waals surface area contributed by atoms with Crippen LogP contribution in [-0.4, -0.2) is 37.1 Å². The van der Waals surface area contributed by atoms with Crippen LogP contribution in [-0.2, 0) is 11.3 Å². The lowest BCUT2D eigenvalue weighted by atomic mass is 10.1. The molecule has 1 amide bonds. The molecule has 1 heterocycles. The molecule has 1 aliphatic heterocycles. The van der Waals surface area contributed by atoms with Crippen molar-refractivity contribution in [1.82, 2.24) is 4.90 Å². The number of carbonyl (C=O) groups excluding carboxylic acids is 1. The molecule has 1 saturated heterocycles. The van der Waals surface area contributed by atoms with Gasteiger partial charge in [-0.3, -0.25) is 4.79 Å². The molecular formula is C14H21ClN2O2. The lowest BCUT2D eigenvalue weighted by Crippen LogP contribution is -2.34. The Labute approximate surface area is 120 Å². The zero-order chi connectivity index (χ0) is 13.0. The third-order valence-corrected chi connectivity index (χ3v) is 3.28. The van der Waals surface area contributed by atoms with E-state index in [0.717, 1.165) is 25.0 Å². The van der Waals surface area contributed by atoms with Crippen LogP contribution in [0.3, 0.4) is 0 Å². The fourth-order valence-electron chi connectivity index (χ4n) is 2.18. The fourth-order valence-corrected chi connectivity index (χ4v) is 2.18. The van der Waals surface area contributed by atoms with Crippen molar-refractivity contribution >= 4 is 18.3 Å². The number of nitrogens with two attached hydrogens (primary N) is 1. The minimum absolute atomic E-state index is 0. The highest BCUT2D eigenvalue weighted by Crippen LogP contribution is 2.14. The summed E-state index contributed by atoms with van der Waals surface area (Å²) in [6.45, 7) is 1.98. The smallest absolute Gasteiger partial charge is 0.253 e. The summed E-state index contributed by atoms with van der Waals surface area (Å²) in [6.07, 6.45) is 2.34. The van der Waals surface area contributed by atoms with E-state index in [-0.39, 0.29) is 24.4 Å². The monoisotopic (exact) mass is 284 g/mol. The van der Waals surface area contributed by atoms with Crippen LogP contribution in [0.5, 0.6) is 0 Å². The molecule has 1 aromatic carbocycles. The minimum atomic E-state index is 0. The summed E-state index contributed by atoms with van der Waals surface area (Å²) < 4.78 is 5.54. The maximum atomic E-state index is 12.2. The summed E-state index contributed by atoms with van der Waals surface area (Å²) in [7, 11) is 1.82. The molecule has 106 valence electrons. The van der Waals surface area contributed by atoms with Crippen molar-refractivity contribution in [3.05, 3.63) is 35.4 Å². The Balaban J connectivity index is 0.00000180. The largest absolute Gasteiger partial charge is 0.376 e. The van der Waals surface area contributed by atoms with Gasteiger partial charge in [0.2, 0.25) is 0 Å². The zero-order valence-electron chi connectivity index (χ0n) is 11.2. The van der Waals surface area contributed by atoms with Crippen molar-refractivity contribution in [2.75, 3.05) is 20.2 Å². The molecule has 2 N–H and O–H groups in total. The van der Waals surface area contributed by atoms with E-state index in [1.54, 1.807) is 4.90 Å². The molecule has 1 aromatic rings. The lowest BCUT2D eigenvalue weighted by molar-refractivity contribution is 0.0587. The van der Waals surface area contributed by atoms with Gasteiger partial charge in [-0.05, 0) is 30.5 Å². The van der Waals surface area contributed by atoms with Gasteiger partial charge in [0.05, 0.1) is 6.10 Å². The molecule has 4 nitrogen and oxygen atoms in total. The van der Waals surface area contributed by atoms with Gasteiger partial charge >= 0.3 is 0 Å². The molecule has 0 saturated carbocycles. The zero-order valence-corrected chi connectivity index (χ0v) is 12.0. The van der Waals surface area contributed by atoms with E-state index in [0.29, 0.717) is 18.7 Å². The first-order chi connectivity index (χ1) is 8.70. The highest BCUT2D eigenvalue weighted by atomic mass is 35.5. The SMILES string of the molecule is CN(CC1CCCO1)C(=O)c1ccc(CN)cc1.Cl. The second-order valence-corrected chi connectivity index (χ2v) is 4.72. The molecule has 0 aromatic heterocycles. The number of amides is 1. The van der Waals surface area contributed by atoms with Gasteiger partial charge in [0.15, 0.2) is 0 Å². The Morgan fingerprint density at radius 3 is 2.63 bits per heavy atom. The number of rotatable bonds is 4. The Hall–Kier alpha value is -1.10. The topological polar surface area (TPSA) is 55.6 Å². The van der Waals surface area contributed by atoms with Crippen molar-refractivity contribution in [3.63, 3.8) is 0 Å². The molecule has 0 aliphatic carbocycles. The Morgan fingerprint density at radius 2 is 2.11 bits per heavy atom. The van der Waals surface area contributed by atoms with Gasteiger partial charge in [-0.25, -0.2) is 0 Å². The maximum absolute atomic E-state index is 12.2. The number of carbonyl (C=O) groups is 1. The Morgan fingerprint density at radius 1 is 1.42 bits per heavy atom. The third-order valence-electron chi connectivity index (χ3n) is 3.28. The summed E-state index contributed by atoms with van der Waals surface area (Å²) in [5.41, 5.74) is 7.27. The number of likely N-dealkylation sites (N-methyl/N-ethyl adjacent to an activating group) is 1. The van der Waals surface area contributed by atoms with E-state index in [2.05, 4.69) is 0 Å². The molecule has 0 spiro atoms. The molecule has 0 radical (unpaired) electrons. The van der Waals surface area contributed by atoms with Crippen LogP contribution < -0.4 is 5.73 Å². The molecular weight excluding hydrogens is 264 g/mol. The van der Waals surface area contributed by atoms with Gasteiger partial charge < -0.3 is 15.4 Å². The molecule has 1 fully saturated rings. The first kappa shape index (κ1) is 16.0. The summed E-state index contributed by atoms with van der Waals surface area (Å²) in [6, 6.07) is 7.45. The summed E-state index contributed by atoms with van der Waals surface area (Å²) in [5.74, 6) is 0.0362. The molecule has 1 aliphatic rings. The van der Waals surface area contributed by atoms with E-state index in [1.165, 1.54) is 0 Å². The quantitative estimate of drug-likeness (QED) is 0.917. The minimum Gasteiger partial charge on any atom is -0.376 e.